The molecule has 13 heavy (non-hydrogen) atoms. The monoisotopic (exact) mass is 179 g/mol. The number of carbonyl (C=O) groups excluding carboxylic acids is 1. The third-order valence-corrected chi connectivity index (χ3v) is 3.29. The van der Waals surface area contributed by atoms with Crippen LogP contribution in [-0.4, -0.2) is 29.3 Å². The van der Waals surface area contributed by atoms with E-state index in [0.717, 1.165) is 25.8 Å². The summed E-state index contributed by atoms with van der Waals surface area (Å²) in [5.41, 5.74) is 0. The fraction of sp³-hybridized carbons (Fsp3) is 0.727. The van der Waals surface area contributed by atoms with Crippen molar-refractivity contribution in [1.82, 2.24) is 4.90 Å². The molecule has 2 heteroatoms. The van der Waals surface area contributed by atoms with Crippen LogP contribution in [0, 0.1) is 0 Å². The largest absolute Gasteiger partial charge is 0.300 e. The van der Waals surface area contributed by atoms with E-state index in [-0.39, 0.29) is 0 Å². The minimum absolute atomic E-state index is 0.474. The predicted molar refractivity (Wildman–Crippen MR) is 52.6 cm³/mol. The second-order valence-corrected chi connectivity index (χ2v) is 4.15. The molecule has 2 unspecified atom stereocenters. The summed E-state index contributed by atoms with van der Waals surface area (Å²) >= 11 is 0. The molecule has 2 heterocycles. The highest BCUT2D eigenvalue weighted by atomic mass is 16.1. The van der Waals surface area contributed by atoms with Crippen LogP contribution in [0.3, 0.4) is 0 Å². The Hall–Kier alpha value is -0.630. The van der Waals surface area contributed by atoms with E-state index in [9.17, 15) is 4.79 Å². The van der Waals surface area contributed by atoms with Crippen molar-refractivity contribution in [2.24, 2.45) is 0 Å². The van der Waals surface area contributed by atoms with Gasteiger partial charge in [-0.1, -0.05) is 6.08 Å². The molecular weight excluding hydrogens is 162 g/mol. The van der Waals surface area contributed by atoms with Gasteiger partial charge in [-0.2, -0.15) is 0 Å². The fourth-order valence-corrected chi connectivity index (χ4v) is 2.67. The molecule has 2 aliphatic rings. The minimum Gasteiger partial charge on any atom is -0.300 e. The molecule has 2 nitrogen and oxygen atoms in total. The van der Waals surface area contributed by atoms with Crippen LogP contribution in [0.25, 0.3) is 0 Å². The number of fused-ring (bicyclic) bond motifs is 2. The highest BCUT2D eigenvalue weighted by Crippen LogP contribution is 2.33. The van der Waals surface area contributed by atoms with Gasteiger partial charge in [-0.3, -0.25) is 9.69 Å². The summed E-state index contributed by atoms with van der Waals surface area (Å²) < 4.78 is 0. The molecule has 2 atom stereocenters. The zero-order valence-electron chi connectivity index (χ0n) is 8.04. The SMILES string of the molecule is C=CCCN1C2CCC1CC(=O)C2. The van der Waals surface area contributed by atoms with Crippen molar-refractivity contribution in [3.05, 3.63) is 12.7 Å². The van der Waals surface area contributed by atoms with E-state index in [2.05, 4.69) is 11.5 Å². The molecule has 2 rings (SSSR count). The maximum absolute atomic E-state index is 11.3. The van der Waals surface area contributed by atoms with Crippen LogP contribution in [0.5, 0.6) is 0 Å². The number of piperidine rings is 1. The van der Waals surface area contributed by atoms with Gasteiger partial charge in [0.1, 0.15) is 5.78 Å². The van der Waals surface area contributed by atoms with Crippen molar-refractivity contribution in [2.45, 2.75) is 44.2 Å². The van der Waals surface area contributed by atoms with Gasteiger partial charge in [-0.05, 0) is 19.3 Å². The maximum atomic E-state index is 11.3. The third-order valence-electron chi connectivity index (χ3n) is 3.29. The van der Waals surface area contributed by atoms with E-state index in [1.807, 2.05) is 6.08 Å². The normalized spacial score (nSPS) is 33.7. The topological polar surface area (TPSA) is 20.3 Å². The molecule has 0 aliphatic carbocycles. The van der Waals surface area contributed by atoms with Gasteiger partial charge in [0, 0.05) is 31.5 Å². The molecule has 0 aromatic heterocycles. The first kappa shape index (κ1) is 8.95. The Kier molecular flexibility index (Phi) is 2.49. The van der Waals surface area contributed by atoms with Gasteiger partial charge >= 0.3 is 0 Å². The average Bonchev–Trinajstić information content (AvgIpc) is 2.33. The van der Waals surface area contributed by atoms with Crippen LogP contribution < -0.4 is 0 Å². The van der Waals surface area contributed by atoms with Crippen molar-refractivity contribution < 1.29 is 4.79 Å². The van der Waals surface area contributed by atoms with Gasteiger partial charge in [0.25, 0.3) is 0 Å². The first-order valence-corrected chi connectivity index (χ1v) is 5.19. The first-order valence-electron chi connectivity index (χ1n) is 5.19. The van der Waals surface area contributed by atoms with Gasteiger partial charge < -0.3 is 0 Å². The van der Waals surface area contributed by atoms with Gasteiger partial charge in [0.05, 0.1) is 0 Å². The second kappa shape index (κ2) is 3.62. The molecule has 0 N–H and O–H groups in total. The number of hydrogen-bond acceptors (Lipinski definition) is 2. The van der Waals surface area contributed by atoms with Crippen molar-refractivity contribution >= 4 is 5.78 Å². The summed E-state index contributed by atoms with van der Waals surface area (Å²) in [7, 11) is 0. The quantitative estimate of drug-likeness (QED) is 0.615. The van der Waals surface area contributed by atoms with Crippen LogP contribution in [0.1, 0.15) is 32.1 Å². The van der Waals surface area contributed by atoms with Gasteiger partial charge in [0.15, 0.2) is 0 Å². The van der Waals surface area contributed by atoms with Crippen molar-refractivity contribution in [3.8, 4) is 0 Å². The summed E-state index contributed by atoms with van der Waals surface area (Å²) in [5, 5.41) is 0. The predicted octanol–water partition coefficient (Wildman–Crippen LogP) is 1.76. The van der Waals surface area contributed by atoms with Crippen LogP contribution in [0.15, 0.2) is 12.7 Å². The Morgan fingerprint density at radius 2 is 2.00 bits per heavy atom. The lowest BCUT2D eigenvalue weighted by Gasteiger charge is -2.33. The number of ketones is 1. The number of hydrogen-bond donors (Lipinski definition) is 0. The van der Waals surface area contributed by atoms with E-state index >= 15 is 0 Å². The Bertz CT molecular complexity index is 208. The summed E-state index contributed by atoms with van der Waals surface area (Å²) in [6.07, 6.45) is 7.08. The highest BCUT2D eigenvalue weighted by molar-refractivity contribution is 5.80. The van der Waals surface area contributed by atoms with E-state index in [1.54, 1.807) is 0 Å². The van der Waals surface area contributed by atoms with Crippen LogP contribution in [0.4, 0.5) is 0 Å². The molecule has 0 amide bonds. The van der Waals surface area contributed by atoms with Crippen molar-refractivity contribution in [3.63, 3.8) is 0 Å². The summed E-state index contributed by atoms with van der Waals surface area (Å²) in [5.74, 6) is 0.474. The number of nitrogens with zero attached hydrogens (tertiary/aromatic N) is 1. The highest BCUT2D eigenvalue weighted by Gasteiger charge is 2.39. The molecule has 2 saturated heterocycles. The third kappa shape index (κ3) is 1.68. The van der Waals surface area contributed by atoms with E-state index in [1.165, 1.54) is 12.8 Å². The van der Waals surface area contributed by atoms with Crippen LogP contribution in [0.2, 0.25) is 0 Å². The molecule has 0 radical (unpaired) electrons. The number of carbonyl (C=O) groups is 1. The molecule has 72 valence electrons. The average molecular weight is 179 g/mol. The molecule has 0 spiro atoms. The Morgan fingerprint density at radius 3 is 2.54 bits per heavy atom. The van der Waals surface area contributed by atoms with Crippen molar-refractivity contribution in [2.75, 3.05) is 6.54 Å². The zero-order valence-corrected chi connectivity index (χ0v) is 8.04. The first-order chi connectivity index (χ1) is 6.31. The standard InChI is InChI=1S/C11H17NO/c1-2-3-6-12-9-4-5-10(12)8-11(13)7-9/h2,9-10H,1,3-8H2. The summed E-state index contributed by atoms with van der Waals surface area (Å²) in [4.78, 5) is 13.8. The molecule has 2 fully saturated rings. The van der Waals surface area contributed by atoms with E-state index in [4.69, 9.17) is 0 Å². The minimum atomic E-state index is 0.474. The lowest BCUT2D eigenvalue weighted by molar-refractivity contribution is -0.123. The van der Waals surface area contributed by atoms with E-state index < -0.39 is 0 Å². The Morgan fingerprint density at radius 1 is 1.38 bits per heavy atom. The fourth-order valence-electron chi connectivity index (χ4n) is 2.67. The number of rotatable bonds is 3. The second-order valence-electron chi connectivity index (χ2n) is 4.15. The number of Topliss-reactive ketones (excluding diaryl/α,β-unsaturated/α-hetero) is 1. The Balaban J connectivity index is 1.97. The zero-order chi connectivity index (χ0) is 9.26. The molecule has 2 bridgehead atoms. The Labute approximate surface area is 79.6 Å². The lowest BCUT2D eigenvalue weighted by atomic mass is 10.0. The van der Waals surface area contributed by atoms with Gasteiger partial charge in [0.2, 0.25) is 0 Å². The lowest BCUT2D eigenvalue weighted by Crippen LogP contribution is -2.43. The van der Waals surface area contributed by atoms with Crippen LogP contribution >= 0.6 is 0 Å². The smallest absolute Gasteiger partial charge is 0.136 e. The molecule has 0 aromatic rings. The summed E-state index contributed by atoms with van der Waals surface area (Å²) in [6.45, 7) is 4.84. The maximum Gasteiger partial charge on any atom is 0.136 e. The summed E-state index contributed by atoms with van der Waals surface area (Å²) in [6, 6.07) is 1.12. The van der Waals surface area contributed by atoms with Gasteiger partial charge in [-0.25, -0.2) is 0 Å². The molecular formula is C11H17NO. The molecule has 2 aliphatic heterocycles. The van der Waals surface area contributed by atoms with Gasteiger partial charge in [-0.15, -0.1) is 6.58 Å². The van der Waals surface area contributed by atoms with E-state index in [0.29, 0.717) is 17.9 Å². The molecule has 0 saturated carbocycles. The molecule has 0 aromatic carbocycles. The van der Waals surface area contributed by atoms with Crippen LogP contribution in [-0.2, 0) is 4.79 Å². The van der Waals surface area contributed by atoms with Crippen molar-refractivity contribution in [1.29, 1.82) is 0 Å².